The molecule has 138 valence electrons. The van der Waals surface area contributed by atoms with Crippen LogP contribution in [0.2, 0.25) is 0 Å². The molecule has 0 unspecified atom stereocenters. The van der Waals surface area contributed by atoms with Gasteiger partial charge in [-0.1, -0.05) is 18.2 Å². The number of hydrogen-bond donors (Lipinski definition) is 1. The average Bonchev–Trinajstić information content (AvgIpc) is 2.69. The molecular weight excluding hydrogens is 346 g/mol. The minimum absolute atomic E-state index is 0.676. The lowest BCUT2D eigenvalue weighted by Gasteiger charge is -2.29. The number of hydrogen-bond acceptors (Lipinski definition) is 4. The molecule has 2 aromatic carbocycles. The molecule has 2 aromatic rings. The Labute approximate surface area is 160 Å². The first kappa shape index (κ1) is 18.5. The summed E-state index contributed by atoms with van der Waals surface area (Å²) in [6, 6.07) is 16.4. The van der Waals surface area contributed by atoms with Crippen LogP contribution in [0.3, 0.4) is 0 Å². The first-order chi connectivity index (χ1) is 12.7. The number of ether oxygens (including phenoxy) is 2. The molecule has 1 N–H and O–H groups in total. The first-order valence-electron chi connectivity index (χ1n) is 8.73. The zero-order valence-corrected chi connectivity index (χ0v) is 16.1. The summed E-state index contributed by atoms with van der Waals surface area (Å²) >= 11 is 5.52. The zero-order valence-electron chi connectivity index (χ0n) is 15.3. The van der Waals surface area contributed by atoms with Crippen LogP contribution in [0.25, 0.3) is 0 Å². The van der Waals surface area contributed by atoms with Crippen molar-refractivity contribution < 1.29 is 9.47 Å². The molecule has 1 saturated heterocycles. The van der Waals surface area contributed by atoms with Gasteiger partial charge in [0.25, 0.3) is 0 Å². The van der Waals surface area contributed by atoms with Gasteiger partial charge >= 0.3 is 0 Å². The van der Waals surface area contributed by atoms with E-state index in [4.69, 9.17) is 21.7 Å². The molecule has 0 atom stereocenters. The van der Waals surface area contributed by atoms with Crippen molar-refractivity contribution in [3.63, 3.8) is 0 Å². The Morgan fingerprint density at radius 2 is 1.92 bits per heavy atom. The Bertz CT molecular complexity index is 730. The number of morpholine rings is 1. The van der Waals surface area contributed by atoms with Gasteiger partial charge in [-0.25, -0.2) is 0 Å². The highest BCUT2D eigenvalue weighted by Crippen LogP contribution is 2.19. The van der Waals surface area contributed by atoms with E-state index >= 15 is 0 Å². The van der Waals surface area contributed by atoms with Crippen molar-refractivity contribution in [1.29, 1.82) is 0 Å². The fourth-order valence-corrected chi connectivity index (χ4v) is 3.08. The van der Waals surface area contributed by atoms with E-state index in [9.17, 15) is 0 Å². The third-order valence-electron chi connectivity index (χ3n) is 4.40. The van der Waals surface area contributed by atoms with E-state index in [-0.39, 0.29) is 0 Å². The van der Waals surface area contributed by atoms with Crippen LogP contribution in [0.4, 0.5) is 11.4 Å². The fraction of sp³-hybridized carbons (Fsp3) is 0.350. The molecule has 0 saturated carbocycles. The maximum absolute atomic E-state index is 5.52. The maximum atomic E-state index is 5.52. The number of methoxy groups -OCH3 is 1. The Hall–Kier alpha value is -2.31. The summed E-state index contributed by atoms with van der Waals surface area (Å²) in [7, 11) is 3.65. The Morgan fingerprint density at radius 3 is 2.62 bits per heavy atom. The summed E-state index contributed by atoms with van der Waals surface area (Å²) in [6.07, 6.45) is 0. The zero-order chi connectivity index (χ0) is 18.4. The summed E-state index contributed by atoms with van der Waals surface area (Å²) in [6.45, 7) is 4.25. The van der Waals surface area contributed by atoms with Gasteiger partial charge in [-0.2, -0.15) is 0 Å². The third-order valence-corrected chi connectivity index (χ3v) is 4.81. The van der Waals surface area contributed by atoms with Crippen LogP contribution in [0.5, 0.6) is 5.75 Å². The summed E-state index contributed by atoms with van der Waals surface area (Å²) in [5.41, 5.74) is 3.39. The van der Waals surface area contributed by atoms with Gasteiger partial charge in [0.05, 0.1) is 20.3 Å². The number of nitrogens with one attached hydrogen (secondary N) is 1. The highest BCUT2D eigenvalue weighted by Gasteiger charge is 2.11. The van der Waals surface area contributed by atoms with Crippen LogP contribution >= 0.6 is 12.2 Å². The topological polar surface area (TPSA) is 37.0 Å². The van der Waals surface area contributed by atoms with E-state index in [0.717, 1.165) is 44.3 Å². The second-order valence-electron chi connectivity index (χ2n) is 6.28. The molecule has 6 heteroatoms. The van der Waals surface area contributed by atoms with Gasteiger partial charge in [-0.05, 0) is 42.0 Å². The summed E-state index contributed by atoms with van der Waals surface area (Å²) in [4.78, 5) is 4.38. The predicted octanol–water partition coefficient (Wildman–Crippen LogP) is 3.36. The quantitative estimate of drug-likeness (QED) is 0.813. The van der Waals surface area contributed by atoms with Gasteiger partial charge in [-0.3, -0.25) is 0 Å². The van der Waals surface area contributed by atoms with E-state index in [1.807, 2.05) is 36.2 Å². The molecule has 3 rings (SSSR count). The lowest BCUT2D eigenvalue weighted by Crippen LogP contribution is -2.36. The first-order valence-corrected chi connectivity index (χ1v) is 9.14. The lowest BCUT2D eigenvalue weighted by atomic mass is 10.2. The SMILES string of the molecule is COc1cccc(NC(=S)N(C)Cc2ccc(N3CCOCC3)cc2)c1. The highest BCUT2D eigenvalue weighted by molar-refractivity contribution is 7.80. The minimum atomic E-state index is 0.676. The summed E-state index contributed by atoms with van der Waals surface area (Å²) < 4.78 is 10.7. The number of benzene rings is 2. The monoisotopic (exact) mass is 371 g/mol. The van der Waals surface area contributed by atoms with Gasteiger partial charge in [-0.15, -0.1) is 0 Å². The molecule has 26 heavy (non-hydrogen) atoms. The van der Waals surface area contributed by atoms with E-state index in [0.29, 0.717) is 5.11 Å². The molecule has 0 bridgehead atoms. The Kier molecular flexibility index (Phi) is 6.30. The van der Waals surface area contributed by atoms with Crippen molar-refractivity contribution in [3.05, 3.63) is 54.1 Å². The molecule has 1 fully saturated rings. The van der Waals surface area contributed by atoms with E-state index < -0.39 is 0 Å². The van der Waals surface area contributed by atoms with Crippen LogP contribution in [0, 0.1) is 0 Å². The third kappa shape index (κ3) is 4.86. The van der Waals surface area contributed by atoms with E-state index in [1.54, 1.807) is 7.11 Å². The highest BCUT2D eigenvalue weighted by atomic mass is 32.1. The minimum Gasteiger partial charge on any atom is -0.497 e. The van der Waals surface area contributed by atoms with Crippen molar-refractivity contribution in [2.24, 2.45) is 0 Å². The van der Waals surface area contributed by atoms with Gasteiger partial charge in [0.2, 0.25) is 0 Å². The molecule has 1 aliphatic rings. The molecule has 1 aliphatic heterocycles. The second-order valence-corrected chi connectivity index (χ2v) is 6.67. The van der Waals surface area contributed by atoms with Crippen LogP contribution in [-0.4, -0.2) is 50.5 Å². The van der Waals surface area contributed by atoms with Gasteiger partial charge in [0.1, 0.15) is 5.75 Å². The number of rotatable bonds is 5. The van der Waals surface area contributed by atoms with Gasteiger partial charge < -0.3 is 24.6 Å². The summed E-state index contributed by atoms with van der Waals surface area (Å²) in [5.74, 6) is 0.805. The van der Waals surface area contributed by atoms with Gasteiger partial charge in [0.15, 0.2) is 5.11 Å². The van der Waals surface area contributed by atoms with Crippen LogP contribution in [0.1, 0.15) is 5.56 Å². The molecule has 5 nitrogen and oxygen atoms in total. The standard InChI is InChI=1S/C20H25N3O2S/c1-22(20(26)21-17-4-3-5-19(14-17)24-2)15-16-6-8-18(9-7-16)23-10-12-25-13-11-23/h3-9,14H,10-13,15H2,1-2H3,(H,21,26). The Balaban J connectivity index is 1.56. The largest absolute Gasteiger partial charge is 0.497 e. The van der Waals surface area contributed by atoms with Crippen LogP contribution in [-0.2, 0) is 11.3 Å². The summed E-state index contributed by atoms with van der Waals surface area (Å²) in [5, 5.41) is 3.93. The van der Waals surface area contributed by atoms with Crippen molar-refractivity contribution in [2.45, 2.75) is 6.54 Å². The molecule has 0 aliphatic carbocycles. The molecule has 1 heterocycles. The van der Waals surface area contributed by atoms with Crippen molar-refractivity contribution in [3.8, 4) is 5.75 Å². The van der Waals surface area contributed by atoms with Crippen LogP contribution < -0.4 is 15.0 Å². The van der Waals surface area contributed by atoms with Crippen molar-refractivity contribution in [1.82, 2.24) is 4.90 Å². The molecule has 0 spiro atoms. The Morgan fingerprint density at radius 1 is 1.19 bits per heavy atom. The number of nitrogens with zero attached hydrogens (tertiary/aromatic N) is 2. The fourth-order valence-electron chi connectivity index (χ4n) is 2.90. The molecule has 0 amide bonds. The second kappa shape index (κ2) is 8.87. The smallest absolute Gasteiger partial charge is 0.173 e. The van der Waals surface area contributed by atoms with E-state index in [2.05, 4.69) is 34.5 Å². The predicted molar refractivity (Wildman–Crippen MR) is 110 cm³/mol. The van der Waals surface area contributed by atoms with E-state index in [1.165, 1.54) is 11.3 Å². The van der Waals surface area contributed by atoms with Gasteiger partial charge in [0, 0.05) is 44.1 Å². The molecule has 0 aromatic heterocycles. The normalized spacial score (nSPS) is 14.0. The molecular formula is C20H25N3O2S. The van der Waals surface area contributed by atoms with Crippen molar-refractivity contribution >= 4 is 28.7 Å². The number of thiocarbonyl (C=S) groups is 1. The van der Waals surface area contributed by atoms with Crippen LogP contribution in [0.15, 0.2) is 48.5 Å². The maximum Gasteiger partial charge on any atom is 0.173 e. The molecule has 0 radical (unpaired) electrons. The van der Waals surface area contributed by atoms with Crippen molar-refractivity contribution in [2.75, 3.05) is 50.7 Å². The lowest BCUT2D eigenvalue weighted by molar-refractivity contribution is 0.122. The number of anilines is 2. The average molecular weight is 372 g/mol.